The Morgan fingerprint density at radius 1 is 1.61 bits per heavy atom. The maximum absolute atomic E-state index is 10.8. The van der Waals surface area contributed by atoms with Crippen LogP contribution in [0.25, 0.3) is 0 Å². The molecule has 18 heavy (non-hydrogen) atoms. The van der Waals surface area contributed by atoms with Crippen molar-refractivity contribution < 1.29 is 4.92 Å². The number of hydrogen-bond acceptors (Lipinski definition) is 5. The monoisotopic (exact) mass is 246 g/mol. The maximum atomic E-state index is 10.8. The van der Waals surface area contributed by atoms with Crippen LogP contribution in [0, 0.1) is 21.4 Å². The molecule has 0 aliphatic carbocycles. The summed E-state index contributed by atoms with van der Waals surface area (Å²) in [5, 5.41) is 22.9. The minimum atomic E-state index is -0.524. The fourth-order valence-electron chi connectivity index (χ4n) is 2.10. The Bertz CT molecular complexity index is 505. The van der Waals surface area contributed by atoms with E-state index in [0.717, 1.165) is 25.3 Å². The van der Waals surface area contributed by atoms with E-state index in [2.05, 4.69) is 10.2 Å². The molecule has 1 saturated heterocycles. The van der Waals surface area contributed by atoms with Gasteiger partial charge in [-0.15, -0.1) is 0 Å². The molecule has 0 spiro atoms. The first-order chi connectivity index (χ1) is 8.67. The van der Waals surface area contributed by atoms with Gasteiger partial charge in [0, 0.05) is 31.4 Å². The quantitative estimate of drug-likeness (QED) is 0.639. The van der Waals surface area contributed by atoms with Crippen molar-refractivity contribution >= 4 is 11.4 Å². The van der Waals surface area contributed by atoms with Crippen LogP contribution in [0.5, 0.6) is 0 Å². The Hall–Kier alpha value is -2.13. The van der Waals surface area contributed by atoms with Crippen molar-refractivity contribution in [3.8, 4) is 6.07 Å². The lowest BCUT2D eigenvalue weighted by atomic mass is 10.1. The molecule has 1 aromatic rings. The highest BCUT2D eigenvalue weighted by atomic mass is 16.6. The predicted octanol–water partition coefficient (Wildman–Crippen LogP) is 1.26. The number of nitro benzene ring substituents is 1. The second-order valence-electron chi connectivity index (χ2n) is 4.17. The molecule has 0 unspecified atom stereocenters. The average Bonchev–Trinajstić information content (AvgIpc) is 2.32. The molecular weight excluding hydrogens is 232 g/mol. The van der Waals surface area contributed by atoms with Gasteiger partial charge in [-0.1, -0.05) is 0 Å². The number of nitriles is 1. The molecule has 0 aromatic heterocycles. The van der Waals surface area contributed by atoms with Crippen LogP contribution >= 0.6 is 0 Å². The van der Waals surface area contributed by atoms with Gasteiger partial charge < -0.3 is 10.2 Å². The van der Waals surface area contributed by atoms with Gasteiger partial charge in [-0.2, -0.15) is 5.26 Å². The normalized spacial score (nSPS) is 14.7. The van der Waals surface area contributed by atoms with Gasteiger partial charge in [0.25, 0.3) is 5.69 Å². The minimum Gasteiger partial charge on any atom is -0.366 e. The third-order valence-corrected chi connectivity index (χ3v) is 3.17. The van der Waals surface area contributed by atoms with Crippen molar-refractivity contribution in [2.24, 2.45) is 0 Å². The molecule has 1 heterocycles. The summed E-state index contributed by atoms with van der Waals surface area (Å²) in [6.45, 7) is 4.67. The fraction of sp³-hybridized carbons (Fsp3) is 0.417. The smallest absolute Gasteiger partial charge is 0.287 e. The Morgan fingerprint density at radius 3 is 2.78 bits per heavy atom. The number of hydrogen-bond donors (Lipinski definition) is 1. The van der Waals surface area contributed by atoms with Gasteiger partial charge in [-0.05, 0) is 19.1 Å². The number of nitro groups is 1. The van der Waals surface area contributed by atoms with Gasteiger partial charge in [0.05, 0.1) is 11.0 Å². The molecule has 6 nitrogen and oxygen atoms in total. The summed E-state index contributed by atoms with van der Waals surface area (Å²) in [6, 6.07) is 7.00. The standard InChI is InChI=1S/C12H14N4O2/c1-2-15(11-7-14-8-11)10-3-4-12(16(17)18)9(5-10)6-13/h3-5,11,14H,2,7-8H2,1H3. The van der Waals surface area contributed by atoms with Gasteiger partial charge in [0.15, 0.2) is 0 Å². The molecular formula is C12H14N4O2. The third-order valence-electron chi connectivity index (χ3n) is 3.17. The van der Waals surface area contributed by atoms with Gasteiger partial charge in [-0.25, -0.2) is 0 Å². The summed E-state index contributed by atoms with van der Waals surface area (Å²) < 4.78 is 0. The molecule has 1 aliphatic rings. The van der Waals surface area contributed by atoms with Crippen molar-refractivity contribution in [3.63, 3.8) is 0 Å². The van der Waals surface area contributed by atoms with Crippen LogP contribution in [0.1, 0.15) is 12.5 Å². The van der Waals surface area contributed by atoms with E-state index in [9.17, 15) is 10.1 Å². The largest absolute Gasteiger partial charge is 0.366 e. The van der Waals surface area contributed by atoms with Crippen LogP contribution < -0.4 is 10.2 Å². The summed E-state index contributed by atoms with van der Waals surface area (Å²) in [5.74, 6) is 0. The molecule has 1 N–H and O–H groups in total. The Morgan fingerprint density at radius 2 is 2.33 bits per heavy atom. The number of benzene rings is 1. The van der Waals surface area contributed by atoms with E-state index < -0.39 is 4.92 Å². The highest BCUT2D eigenvalue weighted by molar-refractivity contribution is 5.60. The summed E-state index contributed by atoms with van der Waals surface area (Å²) >= 11 is 0. The molecule has 1 fully saturated rings. The Balaban J connectivity index is 2.34. The molecule has 0 saturated carbocycles. The molecule has 0 radical (unpaired) electrons. The first kappa shape index (κ1) is 12.3. The van der Waals surface area contributed by atoms with Crippen LogP contribution in [0.4, 0.5) is 11.4 Å². The second kappa shape index (κ2) is 5.02. The number of likely N-dealkylation sites (N-methyl/N-ethyl adjacent to an activating group) is 1. The van der Waals surface area contributed by atoms with Crippen LogP contribution in [0.2, 0.25) is 0 Å². The van der Waals surface area contributed by atoms with Crippen LogP contribution in [0.3, 0.4) is 0 Å². The van der Waals surface area contributed by atoms with Crippen molar-refractivity contribution in [1.29, 1.82) is 5.26 Å². The molecule has 0 atom stereocenters. The van der Waals surface area contributed by atoms with E-state index in [0.29, 0.717) is 6.04 Å². The second-order valence-corrected chi connectivity index (χ2v) is 4.17. The fourth-order valence-corrected chi connectivity index (χ4v) is 2.10. The highest BCUT2D eigenvalue weighted by Gasteiger charge is 2.25. The summed E-state index contributed by atoms with van der Waals surface area (Å²) in [4.78, 5) is 12.4. The minimum absolute atomic E-state index is 0.114. The topological polar surface area (TPSA) is 82.2 Å². The third kappa shape index (κ3) is 2.13. The molecule has 94 valence electrons. The number of nitrogens with zero attached hydrogens (tertiary/aromatic N) is 3. The van der Waals surface area contributed by atoms with Gasteiger partial charge in [0.1, 0.15) is 11.6 Å². The van der Waals surface area contributed by atoms with Crippen LogP contribution in [-0.2, 0) is 0 Å². The zero-order valence-electron chi connectivity index (χ0n) is 10.1. The van der Waals surface area contributed by atoms with E-state index >= 15 is 0 Å². The first-order valence-electron chi connectivity index (χ1n) is 5.83. The molecule has 2 rings (SSSR count). The zero-order valence-corrected chi connectivity index (χ0v) is 10.1. The number of anilines is 1. The van der Waals surface area contributed by atoms with Gasteiger partial charge >= 0.3 is 0 Å². The molecule has 6 heteroatoms. The number of rotatable bonds is 4. The van der Waals surface area contributed by atoms with Crippen molar-refractivity contribution in [3.05, 3.63) is 33.9 Å². The van der Waals surface area contributed by atoms with Gasteiger partial charge in [0.2, 0.25) is 0 Å². The Kier molecular flexibility index (Phi) is 3.44. The van der Waals surface area contributed by atoms with E-state index in [4.69, 9.17) is 5.26 Å². The lowest BCUT2D eigenvalue weighted by molar-refractivity contribution is -0.385. The Labute approximate surface area is 105 Å². The molecule has 0 amide bonds. The van der Waals surface area contributed by atoms with E-state index in [-0.39, 0.29) is 11.3 Å². The highest BCUT2D eigenvalue weighted by Crippen LogP contribution is 2.26. The molecule has 1 aliphatic heterocycles. The van der Waals surface area contributed by atoms with E-state index in [1.165, 1.54) is 6.07 Å². The summed E-state index contributed by atoms with van der Waals surface area (Å²) in [5.41, 5.74) is 0.846. The molecule has 1 aromatic carbocycles. The van der Waals surface area contributed by atoms with E-state index in [1.54, 1.807) is 12.1 Å². The maximum Gasteiger partial charge on any atom is 0.287 e. The van der Waals surface area contributed by atoms with Crippen molar-refractivity contribution in [1.82, 2.24) is 5.32 Å². The summed E-state index contributed by atoms with van der Waals surface area (Å²) in [7, 11) is 0. The first-order valence-corrected chi connectivity index (χ1v) is 5.83. The van der Waals surface area contributed by atoms with Crippen molar-refractivity contribution in [2.75, 3.05) is 24.5 Å². The van der Waals surface area contributed by atoms with Crippen molar-refractivity contribution in [2.45, 2.75) is 13.0 Å². The van der Waals surface area contributed by atoms with E-state index in [1.807, 2.05) is 13.0 Å². The zero-order chi connectivity index (χ0) is 13.1. The predicted molar refractivity (Wildman–Crippen MR) is 67.5 cm³/mol. The summed E-state index contributed by atoms with van der Waals surface area (Å²) in [6.07, 6.45) is 0. The lowest BCUT2D eigenvalue weighted by Crippen LogP contribution is -2.57. The molecule has 0 bridgehead atoms. The number of nitrogens with one attached hydrogen (secondary N) is 1. The van der Waals surface area contributed by atoms with Crippen LogP contribution in [-0.4, -0.2) is 30.6 Å². The lowest BCUT2D eigenvalue weighted by Gasteiger charge is -2.39. The SMILES string of the molecule is CCN(c1ccc([N+](=O)[O-])c(C#N)c1)C1CNC1. The average molecular weight is 246 g/mol. The van der Waals surface area contributed by atoms with Gasteiger partial charge in [-0.3, -0.25) is 10.1 Å². The van der Waals surface area contributed by atoms with Crippen LogP contribution in [0.15, 0.2) is 18.2 Å².